The van der Waals surface area contributed by atoms with Gasteiger partial charge >= 0.3 is 0 Å². The maximum Gasteiger partial charge on any atom is 0.238 e. The van der Waals surface area contributed by atoms with Crippen LogP contribution in [0.1, 0.15) is 23.8 Å². The number of likely N-dealkylation sites (tertiary alicyclic amines) is 1. The quantitative estimate of drug-likeness (QED) is 0.722. The van der Waals surface area contributed by atoms with Crippen LogP contribution in [0.2, 0.25) is 0 Å². The number of para-hydroxylation sites is 2. The van der Waals surface area contributed by atoms with Gasteiger partial charge in [-0.05, 0) is 43.7 Å². The number of benzene rings is 2. The molecule has 1 atom stereocenters. The summed E-state index contributed by atoms with van der Waals surface area (Å²) in [6.45, 7) is 1.61. The third-order valence-corrected chi connectivity index (χ3v) is 5.96. The Kier molecular flexibility index (Phi) is 5.13. The number of nitrogens with one attached hydrogen (secondary N) is 1. The van der Waals surface area contributed by atoms with E-state index >= 15 is 0 Å². The van der Waals surface area contributed by atoms with Gasteiger partial charge in [0.2, 0.25) is 5.91 Å². The van der Waals surface area contributed by atoms with Gasteiger partial charge in [-0.1, -0.05) is 18.2 Å². The first kappa shape index (κ1) is 18.0. The molecule has 1 fully saturated rings. The Bertz CT molecular complexity index is 922. The zero-order valence-corrected chi connectivity index (χ0v) is 15.4. The van der Waals surface area contributed by atoms with Crippen molar-refractivity contribution >= 4 is 33.1 Å². The van der Waals surface area contributed by atoms with Gasteiger partial charge in [0.05, 0.1) is 21.8 Å². The Balaban J connectivity index is 1.41. The van der Waals surface area contributed by atoms with Crippen LogP contribution in [0.5, 0.6) is 0 Å². The highest BCUT2D eigenvalue weighted by molar-refractivity contribution is 7.18. The van der Waals surface area contributed by atoms with Crippen LogP contribution in [0.4, 0.5) is 14.5 Å². The van der Waals surface area contributed by atoms with Gasteiger partial charge in [-0.3, -0.25) is 9.69 Å². The highest BCUT2D eigenvalue weighted by Crippen LogP contribution is 2.32. The fourth-order valence-electron chi connectivity index (χ4n) is 3.46. The Labute approximate surface area is 159 Å². The number of thiazole rings is 1. The van der Waals surface area contributed by atoms with Crippen molar-refractivity contribution in [1.29, 1.82) is 0 Å². The van der Waals surface area contributed by atoms with Gasteiger partial charge in [-0.15, -0.1) is 11.3 Å². The number of halogens is 2. The molecule has 2 aromatic carbocycles. The number of rotatable bonds is 4. The number of amides is 1. The molecule has 1 aliphatic rings. The van der Waals surface area contributed by atoms with E-state index in [4.69, 9.17) is 4.98 Å². The Morgan fingerprint density at radius 2 is 1.96 bits per heavy atom. The lowest BCUT2D eigenvalue weighted by Gasteiger charge is -2.31. The molecular formula is C20H19F2N3OS. The SMILES string of the molecule is O=C(CN1CCC[C@H](c2nc3ccccc3s2)C1)Nc1c(F)cccc1F. The molecule has 7 heteroatoms. The molecule has 1 aliphatic heterocycles. The van der Waals surface area contributed by atoms with Crippen LogP contribution in [0.3, 0.4) is 0 Å². The van der Waals surface area contributed by atoms with Gasteiger partial charge in [0, 0.05) is 12.5 Å². The predicted octanol–water partition coefficient (Wildman–Crippen LogP) is 4.39. The van der Waals surface area contributed by atoms with Crippen molar-refractivity contribution in [2.75, 3.05) is 25.0 Å². The first-order chi connectivity index (χ1) is 13.1. The fraction of sp³-hybridized carbons (Fsp3) is 0.300. The highest BCUT2D eigenvalue weighted by atomic mass is 32.1. The van der Waals surface area contributed by atoms with Crippen molar-refractivity contribution in [2.24, 2.45) is 0 Å². The molecule has 4 rings (SSSR count). The van der Waals surface area contributed by atoms with Gasteiger partial charge in [0.15, 0.2) is 0 Å². The number of nitrogens with zero attached hydrogens (tertiary/aromatic N) is 2. The van der Waals surface area contributed by atoms with E-state index in [2.05, 4.69) is 11.4 Å². The zero-order chi connectivity index (χ0) is 18.8. The molecule has 140 valence electrons. The minimum absolute atomic E-state index is 0.106. The molecular weight excluding hydrogens is 368 g/mol. The summed E-state index contributed by atoms with van der Waals surface area (Å²) in [6, 6.07) is 11.6. The molecule has 27 heavy (non-hydrogen) atoms. The van der Waals surface area contributed by atoms with Crippen molar-refractivity contribution < 1.29 is 13.6 Å². The van der Waals surface area contributed by atoms with E-state index in [0.717, 1.165) is 46.7 Å². The van der Waals surface area contributed by atoms with Gasteiger partial charge in [0.1, 0.15) is 17.3 Å². The number of carbonyl (C=O) groups excluding carboxylic acids is 1. The number of hydrogen-bond donors (Lipinski definition) is 1. The van der Waals surface area contributed by atoms with Gasteiger partial charge in [-0.25, -0.2) is 13.8 Å². The van der Waals surface area contributed by atoms with Crippen LogP contribution in [-0.2, 0) is 4.79 Å². The molecule has 0 radical (unpaired) electrons. The number of fused-ring (bicyclic) bond motifs is 1. The van der Waals surface area contributed by atoms with Crippen LogP contribution >= 0.6 is 11.3 Å². The minimum Gasteiger partial charge on any atom is -0.320 e. The third kappa shape index (κ3) is 3.99. The second kappa shape index (κ2) is 7.70. The molecule has 0 unspecified atom stereocenters. The molecule has 0 spiro atoms. The summed E-state index contributed by atoms with van der Waals surface area (Å²) in [5, 5.41) is 3.44. The first-order valence-corrected chi connectivity index (χ1v) is 9.73. The van der Waals surface area contributed by atoms with E-state index in [1.165, 1.54) is 6.07 Å². The van der Waals surface area contributed by atoms with E-state index in [-0.39, 0.29) is 18.2 Å². The van der Waals surface area contributed by atoms with Gasteiger partial charge in [-0.2, -0.15) is 0 Å². The summed E-state index contributed by atoms with van der Waals surface area (Å²) in [4.78, 5) is 19.0. The fourth-order valence-corrected chi connectivity index (χ4v) is 4.56. The summed E-state index contributed by atoms with van der Waals surface area (Å²) in [6.07, 6.45) is 1.99. The van der Waals surface area contributed by atoms with Crippen molar-refractivity contribution in [2.45, 2.75) is 18.8 Å². The van der Waals surface area contributed by atoms with E-state index in [0.29, 0.717) is 6.54 Å². The van der Waals surface area contributed by atoms with Crippen LogP contribution in [-0.4, -0.2) is 35.4 Å². The van der Waals surface area contributed by atoms with Gasteiger partial charge < -0.3 is 5.32 Å². The molecule has 1 amide bonds. The van der Waals surface area contributed by atoms with Crippen molar-refractivity contribution in [3.8, 4) is 0 Å². The number of carbonyl (C=O) groups is 1. The van der Waals surface area contributed by atoms with E-state index in [1.807, 2.05) is 23.1 Å². The van der Waals surface area contributed by atoms with E-state index in [9.17, 15) is 13.6 Å². The van der Waals surface area contributed by atoms with Crippen LogP contribution in [0.15, 0.2) is 42.5 Å². The standard InChI is InChI=1S/C20H19F2N3OS/c21-14-6-3-7-15(22)19(14)24-18(26)12-25-10-4-5-13(11-25)20-23-16-8-1-2-9-17(16)27-20/h1-3,6-9,13H,4-5,10-12H2,(H,24,26)/t13-/m0/s1. The van der Waals surface area contributed by atoms with E-state index in [1.54, 1.807) is 11.3 Å². The van der Waals surface area contributed by atoms with Crippen LogP contribution in [0, 0.1) is 11.6 Å². The maximum atomic E-state index is 13.7. The second-order valence-electron chi connectivity index (χ2n) is 6.74. The monoisotopic (exact) mass is 387 g/mol. The number of anilines is 1. The normalized spacial score (nSPS) is 17.9. The van der Waals surface area contributed by atoms with Crippen molar-refractivity contribution in [3.05, 3.63) is 59.1 Å². The molecule has 0 saturated carbocycles. The smallest absolute Gasteiger partial charge is 0.238 e. The third-order valence-electron chi connectivity index (χ3n) is 4.76. The molecule has 0 bridgehead atoms. The highest BCUT2D eigenvalue weighted by Gasteiger charge is 2.25. The van der Waals surface area contributed by atoms with E-state index < -0.39 is 17.5 Å². The lowest BCUT2D eigenvalue weighted by atomic mass is 9.99. The summed E-state index contributed by atoms with van der Waals surface area (Å²) >= 11 is 1.69. The summed E-state index contributed by atoms with van der Waals surface area (Å²) in [5.41, 5.74) is 0.615. The largest absolute Gasteiger partial charge is 0.320 e. The summed E-state index contributed by atoms with van der Waals surface area (Å²) in [7, 11) is 0. The molecule has 1 N–H and O–H groups in total. The molecule has 3 aromatic rings. The molecule has 2 heterocycles. The molecule has 0 aliphatic carbocycles. The lowest BCUT2D eigenvalue weighted by Crippen LogP contribution is -2.39. The number of aromatic nitrogens is 1. The topological polar surface area (TPSA) is 45.2 Å². The molecule has 1 aromatic heterocycles. The predicted molar refractivity (Wildman–Crippen MR) is 103 cm³/mol. The minimum atomic E-state index is -0.769. The Hall–Kier alpha value is -2.38. The maximum absolute atomic E-state index is 13.7. The summed E-state index contributed by atoms with van der Waals surface area (Å²) in [5.74, 6) is -1.68. The van der Waals surface area contributed by atoms with Crippen molar-refractivity contribution in [1.82, 2.24) is 9.88 Å². The van der Waals surface area contributed by atoms with Crippen molar-refractivity contribution in [3.63, 3.8) is 0 Å². The number of hydrogen-bond acceptors (Lipinski definition) is 4. The number of piperidine rings is 1. The Morgan fingerprint density at radius 1 is 1.19 bits per heavy atom. The van der Waals surface area contributed by atoms with Crippen LogP contribution < -0.4 is 5.32 Å². The van der Waals surface area contributed by atoms with Gasteiger partial charge in [0.25, 0.3) is 0 Å². The zero-order valence-electron chi connectivity index (χ0n) is 14.6. The average molecular weight is 387 g/mol. The summed E-state index contributed by atoms with van der Waals surface area (Å²) < 4.78 is 28.6. The van der Waals surface area contributed by atoms with Crippen LogP contribution in [0.25, 0.3) is 10.2 Å². The average Bonchev–Trinajstić information content (AvgIpc) is 3.09. The Morgan fingerprint density at radius 3 is 2.74 bits per heavy atom. The first-order valence-electron chi connectivity index (χ1n) is 8.92. The molecule has 1 saturated heterocycles. The lowest BCUT2D eigenvalue weighted by molar-refractivity contribution is -0.117. The second-order valence-corrected chi connectivity index (χ2v) is 7.80. The molecule has 4 nitrogen and oxygen atoms in total.